The van der Waals surface area contributed by atoms with Crippen LogP contribution in [-0.2, 0) is 22.4 Å². The SMILES string of the molecule is CC(=O)c1cn(-c2ccc(CCc3ccc(N4C(=O)N=CC(C(C)=O)C4=O)cc3)cc2)c(=O)[nH]c1=O. The average Bonchev–Trinajstić information content (AvgIpc) is 2.83. The van der Waals surface area contributed by atoms with Crippen LogP contribution in [0.1, 0.15) is 35.3 Å². The molecule has 0 spiro atoms. The van der Waals surface area contributed by atoms with Crippen molar-refractivity contribution in [1.29, 1.82) is 0 Å². The Hall–Kier alpha value is -4.73. The fourth-order valence-corrected chi connectivity index (χ4v) is 3.85. The van der Waals surface area contributed by atoms with Crippen LogP contribution < -0.4 is 16.1 Å². The Kier molecular flexibility index (Phi) is 6.69. The first-order valence-corrected chi connectivity index (χ1v) is 11.1. The summed E-state index contributed by atoms with van der Waals surface area (Å²) in [6, 6.07) is 13.3. The topological polar surface area (TPSA) is 139 Å². The van der Waals surface area contributed by atoms with E-state index in [-0.39, 0.29) is 11.3 Å². The number of rotatable bonds is 7. The number of aliphatic imine (C=N–C) groups is 1. The molecule has 0 radical (unpaired) electrons. The van der Waals surface area contributed by atoms with Crippen molar-refractivity contribution in [2.75, 3.05) is 4.90 Å². The highest BCUT2D eigenvalue weighted by Crippen LogP contribution is 2.22. The minimum Gasteiger partial charge on any atom is -0.299 e. The van der Waals surface area contributed by atoms with E-state index in [0.717, 1.165) is 22.2 Å². The van der Waals surface area contributed by atoms with Crippen LogP contribution in [0.3, 0.4) is 0 Å². The molecule has 10 nitrogen and oxygen atoms in total. The minimum absolute atomic E-state index is 0.0984. The van der Waals surface area contributed by atoms with Crippen molar-refractivity contribution in [3.8, 4) is 5.69 Å². The van der Waals surface area contributed by atoms with Crippen molar-refractivity contribution in [2.45, 2.75) is 26.7 Å². The van der Waals surface area contributed by atoms with E-state index in [1.807, 2.05) is 12.1 Å². The summed E-state index contributed by atoms with van der Waals surface area (Å²) in [7, 11) is 0. The van der Waals surface area contributed by atoms with Crippen molar-refractivity contribution >= 4 is 35.4 Å². The number of amides is 3. The number of ketones is 2. The van der Waals surface area contributed by atoms with E-state index in [9.17, 15) is 28.8 Å². The first-order valence-electron chi connectivity index (χ1n) is 11.1. The van der Waals surface area contributed by atoms with Crippen molar-refractivity contribution in [3.63, 3.8) is 0 Å². The summed E-state index contributed by atoms with van der Waals surface area (Å²) in [5, 5.41) is 0. The number of nitrogens with zero attached hydrogens (tertiary/aromatic N) is 3. The molecule has 0 aliphatic carbocycles. The quantitative estimate of drug-likeness (QED) is 0.401. The van der Waals surface area contributed by atoms with Gasteiger partial charge in [0.1, 0.15) is 11.7 Å². The van der Waals surface area contributed by atoms with Gasteiger partial charge in [0.25, 0.3) is 11.5 Å². The van der Waals surface area contributed by atoms with Crippen LogP contribution >= 0.6 is 0 Å². The number of carbonyl (C=O) groups excluding carboxylic acids is 4. The number of nitrogens with one attached hydrogen (secondary N) is 1. The molecule has 1 atom stereocenters. The number of urea groups is 1. The number of benzene rings is 2. The Balaban J connectivity index is 1.45. The Bertz CT molecular complexity index is 1510. The maximum atomic E-state index is 12.5. The molecule has 1 aromatic heterocycles. The molecule has 182 valence electrons. The average molecular weight is 486 g/mol. The van der Waals surface area contributed by atoms with Gasteiger partial charge in [-0.1, -0.05) is 24.3 Å². The number of carbonyl (C=O) groups is 4. The van der Waals surface area contributed by atoms with Gasteiger partial charge in [-0.2, -0.15) is 0 Å². The third kappa shape index (κ3) is 4.88. The summed E-state index contributed by atoms with van der Waals surface area (Å²) in [4.78, 5) is 78.6. The minimum atomic E-state index is -1.06. The van der Waals surface area contributed by atoms with Gasteiger partial charge in [-0.25, -0.2) is 19.5 Å². The number of aromatic nitrogens is 2. The lowest BCUT2D eigenvalue weighted by atomic mass is 10.0. The molecule has 0 fully saturated rings. The second-order valence-corrected chi connectivity index (χ2v) is 8.38. The normalized spacial score (nSPS) is 15.3. The van der Waals surface area contributed by atoms with E-state index in [1.165, 1.54) is 24.6 Å². The molecular formula is C26H22N4O6. The van der Waals surface area contributed by atoms with Crippen LogP contribution in [0.4, 0.5) is 10.5 Å². The van der Waals surface area contributed by atoms with Gasteiger partial charge in [0.05, 0.1) is 16.9 Å². The molecule has 36 heavy (non-hydrogen) atoms. The molecular weight excluding hydrogens is 464 g/mol. The smallest absolute Gasteiger partial charge is 0.299 e. The van der Waals surface area contributed by atoms with Crippen LogP contribution in [-0.4, -0.2) is 39.3 Å². The lowest BCUT2D eigenvalue weighted by Gasteiger charge is -2.24. The molecule has 3 amide bonds. The molecule has 10 heteroatoms. The third-order valence-corrected chi connectivity index (χ3v) is 5.88. The highest BCUT2D eigenvalue weighted by molar-refractivity contribution is 6.30. The molecule has 3 aromatic rings. The van der Waals surface area contributed by atoms with Crippen molar-refractivity contribution in [2.24, 2.45) is 10.9 Å². The lowest BCUT2D eigenvalue weighted by Crippen LogP contribution is -2.45. The van der Waals surface area contributed by atoms with Gasteiger partial charge < -0.3 is 0 Å². The number of aromatic amines is 1. The summed E-state index contributed by atoms with van der Waals surface area (Å²) in [5.74, 6) is -2.50. The zero-order valence-corrected chi connectivity index (χ0v) is 19.6. The zero-order chi connectivity index (χ0) is 26.0. The van der Waals surface area contributed by atoms with Gasteiger partial charge in [-0.3, -0.25) is 28.7 Å². The summed E-state index contributed by atoms with van der Waals surface area (Å²) in [6.07, 6.45) is 3.67. The van der Waals surface area contributed by atoms with Crippen molar-refractivity contribution < 1.29 is 19.2 Å². The van der Waals surface area contributed by atoms with E-state index < -0.39 is 34.9 Å². The van der Waals surface area contributed by atoms with Gasteiger partial charge in [0, 0.05) is 12.4 Å². The van der Waals surface area contributed by atoms with Crippen LogP contribution in [0.25, 0.3) is 5.69 Å². The monoisotopic (exact) mass is 486 g/mol. The number of aryl methyl sites for hydroxylation is 2. The van der Waals surface area contributed by atoms with Crippen LogP contribution in [0.15, 0.2) is 69.3 Å². The zero-order valence-electron chi connectivity index (χ0n) is 19.6. The fourth-order valence-electron chi connectivity index (χ4n) is 3.85. The van der Waals surface area contributed by atoms with Gasteiger partial charge in [0.15, 0.2) is 5.78 Å². The van der Waals surface area contributed by atoms with E-state index in [1.54, 1.807) is 36.4 Å². The van der Waals surface area contributed by atoms with E-state index in [4.69, 9.17) is 0 Å². The number of H-pyrrole nitrogens is 1. The first kappa shape index (κ1) is 24.4. The van der Waals surface area contributed by atoms with Gasteiger partial charge in [-0.05, 0) is 62.1 Å². The number of anilines is 1. The second kappa shape index (κ2) is 9.87. The molecule has 1 unspecified atom stereocenters. The Morgan fingerprint density at radius 2 is 1.42 bits per heavy atom. The van der Waals surface area contributed by atoms with Crippen molar-refractivity contribution in [3.05, 3.63) is 92.3 Å². The predicted molar refractivity (Wildman–Crippen MR) is 132 cm³/mol. The maximum absolute atomic E-state index is 12.5. The van der Waals surface area contributed by atoms with Crippen LogP contribution in [0.2, 0.25) is 0 Å². The number of hydrogen-bond donors (Lipinski definition) is 1. The standard InChI is InChI=1S/C26H22N4O6/c1-15(31)21-13-27-25(35)30(24(21)34)20-11-7-18(8-12-20)4-3-17-5-9-19(10-6-17)29-14-22(16(2)32)23(33)28-26(29)36/h5-14,21H,3-4H2,1-2H3,(H,28,33,36). The first-order chi connectivity index (χ1) is 17.2. The molecule has 4 rings (SSSR count). The number of Topliss-reactive ketones (excluding diaryl/α,β-unsaturated/α-hetero) is 2. The van der Waals surface area contributed by atoms with Crippen LogP contribution in [0.5, 0.6) is 0 Å². The fraction of sp³-hybridized carbons (Fsp3) is 0.192. The largest absolute Gasteiger partial charge is 0.354 e. The number of hydrogen-bond acceptors (Lipinski definition) is 6. The highest BCUT2D eigenvalue weighted by atomic mass is 16.2. The Morgan fingerprint density at radius 3 is 1.94 bits per heavy atom. The summed E-state index contributed by atoms with van der Waals surface area (Å²) < 4.78 is 1.21. The molecule has 1 N–H and O–H groups in total. The van der Waals surface area contributed by atoms with E-state index in [0.29, 0.717) is 24.2 Å². The molecule has 1 aliphatic rings. The van der Waals surface area contributed by atoms with E-state index in [2.05, 4.69) is 9.98 Å². The third-order valence-electron chi connectivity index (χ3n) is 5.88. The molecule has 0 saturated heterocycles. The molecule has 2 aromatic carbocycles. The van der Waals surface area contributed by atoms with Gasteiger partial charge >= 0.3 is 11.7 Å². The van der Waals surface area contributed by atoms with Crippen LogP contribution in [0, 0.1) is 5.92 Å². The molecule has 0 saturated carbocycles. The van der Waals surface area contributed by atoms with Gasteiger partial charge in [0.2, 0.25) is 0 Å². The van der Waals surface area contributed by atoms with E-state index >= 15 is 0 Å². The summed E-state index contributed by atoms with van der Waals surface area (Å²) >= 11 is 0. The number of imide groups is 1. The Morgan fingerprint density at radius 1 is 0.861 bits per heavy atom. The highest BCUT2D eigenvalue weighted by Gasteiger charge is 2.35. The lowest BCUT2D eigenvalue weighted by molar-refractivity contribution is -0.128. The second-order valence-electron chi connectivity index (χ2n) is 8.38. The molecule has 2 heterocycles. The van der Waals surface area contributed by atoms with Crippen molar-refractivity contribution in [1.82, 2.24) is 9.55 Å². The molecule has 1 aliphatic heterocycles. The Labute approximate surface area is 204 Å². The molecule has 0 bridgehead atoms. The van der Waals surface area contributed by atoms with Gasteiger partial charge in [-0.15, -0.1) is 0 Å². The predicted octanol–water partition coefficient (Wildman–Crippen LogP) is 2.26. The summed E-state index contributed by atoms with van der Waals surface area (Å²) in [6.45, 7) is 2.54. The summed E-state index contributed by atoms with van der Waals surface area (Å²) in [5.41, 5.74) is 1.36. The maximum Gasteiger partial charge on any atom is 0.354 e.